The molecule has 1 atom stereocenters. The second-order valence-corrected chi connectivity index (χ2v) is 6.36. The minimum absolute atomic E-state index is 0.134. The summed E-state index contributed by atoms with van der Waals surface area (Å²) in [6.45, 7) is 1.91. The average Bonchev–Trinajstić information content (AvgIpc) is 2.24. The maximum atomic E-state index is 13.4. The molecule has 0 spiro atoms. The van der Waals surface area contributed by atoms with Crippen LogP contribution >= 0.6 is 23.2 Å². The number of rotatable bonds is 5. The van der Waals surface area contributed by atoms with Crippen molar-refractivity contribution in [3.05, 3.63) is 28.0 Å². The highest BCUT2D eigenvalue weighted by molar-refractivity contribution is 7.89. The Hall–Kier alpha value is -0.400. The van der Waals surface area contributed by atoms with Crippen LogP contribution in [0, 0.1) is 5.82 Å². The summed E-state index contributed by atoms with van der Waals surface area (Å²) in [6.07, 6.45) is 0.465. The summed E-state index contributed by atoms with van der Waals surface area (Å²) in [5.41, 5.74) is 5.50. The summed E-state index contributed by atoms with van der Waals surface area (Å²) in [5, 5.41) is -0.745. The van der Waals surface area contributed by atoms with Crippen LogP contribution < -0.4 is 10.5 Å². The lowest BCUT2D eigenvalue weighted by Crippen LogP contribution is -2.29. The highest BCUT2D eigenvalue weighted by Gasteiger charge is 2.21. The number of nitrogens with two attached hydrogens (primary N) is 1. The Morgan fingerprint density at radius 3 is 2.61 bits per heavy atom. The standard InChI is InChI=1S/C10H13Cl2FN2O2S/c1-6(14)4-5-15-18(16,17)8-3-2-7(11)10(13)9(8)12/h2-3,6,15H,4-5,14H2,1H3. The van der Waals surface area contributed by atoms with Crippen molar-refractivity contribution in [2.45, 2.75) is 24.3 Å². The molecule has 102 valence electrons. The lowest BCUT2D eigenvalue weighted by Gasteiger charge is -2.10. The Morgan fingerprint density at radius 1 is 1.44 bits per heavy atom. The first kappa shape index (κ1) is 15.7. The number of nitrogens with one attached hydrogen (secondary N) is 1. The summed E-state index contributed by atoms with van der Waals surface area (Å²) in [5.74, 6) is -0.951. The zero-order valence-corrected chi connectivity index (χ0v) is 11.9. The van der Waals surface area contributed by atoms with Gasteiger partial charge < -0.3 is 5.73 Å². The van der Waals surface area contributed by atoms with Crippen LogP contribution in [0.3, 0.4) is 0 Å². The van der Waals surface area contributed by atoms with Gasteiger partial charge in [0.25, 0.3) is 0 Å². The van der Waals surface area contributed by atoms with Crippen LogP contribution in [0.25, 0.3) is 0 Å². The molecular formula is C10H13Cl2FN2O2S. The van der Waals surface area contributed by atoms with Gasteiger partial charge in [0, 0.05) is 12.6 Å². The highest BCUT2D eigenvalue weighted by Crippen LogP contribution is 2.29. The molecule has 18 heavy (non-hydrogen) atoms. The van der Waals surface area contributed by atoms with Crippen molar-refractivity contribution in [3.8, 4) is 0 Å². The zero-order chi connectivity index (χ0) is 13.9. The second kappa shape index (κ2) is 6.16. The van der Waals surface area contributed by atoms with Gasteiger partial charge in [-0.15, -0.1) is 0 Å². The molecule has 1 aromatic carbocycles. The number of hydrogen-bond donors (Lipinski definition) is 2. The predicted molar refractivity (Wildman–Crippen MR) is 69.9 cm³/mol. The van der Waals surface area contributed by atoms with E-state index < -0.39 is 20.9 Å². The Morgan fingerprint density at radius 2 is 2.06 bits per heavy atom. The molecule has 0 bridgehead atoms. The van der Waals surface area contributed by atoms with E-state index in [2.05, 4.69) is 4.72 Å². The molecule has 0 aliphatic rings. The minimum atomic E-state index is -3.86. The van der Waals surface area contributed by atoms with E-state index in [4.69, 9.17) is 28.9 Å². The molecule has 0 amide bonds. The maximum Gasteiger partial charge on any atom is 0.242 e. The van der Waals surface area contributed by atoms with Gasteiger partial charge in [-0.05, 0) is 25.5 Å². The predicted octanol–water partition coefficient (Wildman–Crippen LogP) is 2.15. The normalized spacial score (nSPS) is 13.6. The molecule has 0 saturated heterocycles. The first-order valence-electron chi connectivity index (χ1n) is 5.14. The van der Waals surface area contributed by atoms with Crippen molar-refractivity contribution in [1.29, 1.82) is 0 Å². The van der Waals surface area contributed by atoms with Crippen LogP contribution in [0.4, 0.5) is 4.39 Å². The molecule has 3 N–H and O–H groups in total. The van der Waals surface area contributed by atoms with Crippen LogP contribution in [0.15, 0.2) is 17.0 Å². The first-order chi connectivity index (χ1) is 8.25. The van der Waals surface area contributed by atoms with E-state index in [1.807, 2.05) is 0 Å². The van der Waals surface area contributed by atoms with Crippen LogP contribution in [0.1, 0.15) is 13.3 Å². The van der Waals surface area contributed by atoms with Gasteiger partial charge in [0.2, 0.25) is 10.0 Å². The maximum absolute atomic E-state index is 13.4. The van der Waals surface area contributed by atoms with Crippen molar-refractivity contribution in [1.82, 2.24) is 4.72 Å². The van der Waals surface area contributed by atoms with E-state index >= 15 is 0 Å². The summed E-state index contributed by atoms with van der Waals surface area (Å²) in [6, 6.07) is 2.16. The third-order valence-electron chi connectivity index (χ3n) is 2.18. The van der Waals surface area contributed by atoms with Crippen molar-refractivity contribution in [2.24, 2.45) is 5.73 Å². The third-order valence-corrected chi connectivity index (χ3v) is 4.46. The van der Waals surface area contributed by atoms with E-state index in [9.17, 15) is 12.8 Å². The Balaban J connectivity index is 2.96. The van der Waals surface area contributed by atoms with Crippen molar-refractivity contribution in [2.75, 3.05) is 6.54 Å². The van der Waals surface area contributed by atoms with Gasteiger partial charge in [-0.1, -0.05) is 23.2 Å². The third kappa shape index (κ3) is 3.80. The molecule has 8 heteroatoms. The molecule has 0 radical (unpaired) electrons. The molecule has 0 fully saturated rings. The van der Waals surface area contributed by atoms with Crippen molar-refractivity contribution >= 4 is 33.2 Å². The SMILES string of the molecule is CC(N)CCNS(=O)(=O)c1ccc(Cl)c(F)c1Cl. The fraction of sp³-hybridized carbons (Fsp3) is 0.400. The Kier molecular flexibility index (Phi) is 5.36. The van der Waals surface area contributed by atoms with Crippen LogP contribution in [0.2, 0.25) is 10.0 Å². The largest absolute Gasteiger partial charge is 0.328 e. The van der Waals surface area contributed by atoms with Gasteiger partial charge >= 0.3 is 0 Å². The first-order valence-corrected chi connectivity index (χ1v) is 7.38. The van der Waals surface area contributed by atoms with Gasteiger partial charge in [0.05, 0.1) is 10.0 Å². The Bertz CT molecular complexity index is 535. The molecule has 1 aromatic rings. The minimum Gasteiger partial charge on any atom is -0.328 e. The van der Waals surface area contributed by atoms with Crippen molar-refractivity contribution in [3.63, 3.8) is 0 Å². The summed E-state index contributed by atoms with van der Waals surface area (Å²) < 4.78 is 39.4. The molecule has 1 rings (SSSR count). The molecule has 0 aliphatic carbocycles. The molecule has 0 saturated carbocycles. The zero-order valence-electron chi connectivity index (χ0n) is 9.58. The number of benzene rings is 1. The van der Waals surface area contributed by atoms with Crippen LogP contribution in [-0.4, -0.2) is 21.0 Å². The quantitative estimate of drug-likeness (QED) is 0.818. The summed E-state index contributed by atoms with van der Waals surface area (Å²) in [4.78, 5) is -0.337. The molecular weight excluding hydrogens is 302 g/mol. The lowest BCUT2D eigenvalue weighted by molar-refractivity contribution is 0.569. The van der Waals surface area contributed by atoms with Gasteiger partial charge in [0.1, 0.15) is 4.90 Å². The van der Waals surface area contributed by atoms with E-state index in [0.717, 1.165) is 12.1 Å². The summed E-state index contributed by atoms with van der Waals surface area (Å²) in [7, 11) is -3.86. The van der Waals surface area contributed by atoms with E-state index in [1.54, 1.807) is 6.92 Å². The van der Waals surface area contributed by atoms with E-state index in [0.29, 0.717) is 6.42 Å². The molecule has 0 aliphatic heterocycles. The lowest BCUT2D eigenvalue weighted by atomic mass is 10.3. The number of sulfonamides is 1. The number of hydrogen-bond acceptors (Lipinski definition) is 3. The fourth-order valence-corrected chi connectivity index (χ4v) is 3.00. The smallest absolute Gasteiger partial charge is 0.242 e. The second-order valence-electron chi connectivity index (χ2n) is 3.84. The topological polar surface area (TPSA) is 72.2 Å². The monoisotopic (exact) mass is 314 g/mol. The van der Waals surface area contributed by atoms with E-state index in [1.165, 1.54) is 0 Å². The van der Waals surface area contributed by atoms with Gasteiger partial charge in [-0.2, -0.15) is 0 Å². The average molecular weight is 315 g/mol. The van der Waals surface area contributed by atoms with Gasteiger partial charge in [-0.25, -0.2) is 17.5 Å². The van der Waals surface area contributed by atoms with Gasteiger partial charge in [0.15, 0.2) is 5.82 Å². The molecule has 0 heterocycles. The van der Waals surface area contributed by atoms with Crippen LogP contribution in [0.5, 0.6) is 0 Å². The Labute approximate surface area is 115 Å². The van der Waals surface area contributed by atoms with Crippen LogP contribution in [-0.2, 0) is 10.0 Å². The van der Waals surface area contributed by atoms with Gasteiger partial charge in [-0.3, -0.25) is 0 Å². The molecule has 1 unspecified atom stereocenters. The molecule has 0 aromatic heterocycles. The van der Waals surface area contributed by atoms with Crippen molar-refractivity contribution < 1.29 is 12.8 Å². The highest BCUT2D eigenvalue weighted by atomic mass is 35.5. The summed E-state index contributed by atoms with van der Waals surface area (Å²) >= 11 is 11.1. The van der Waals surface area contributed by atoms with E-state index in [-0.39, 0.29) is 22.5 Å². The fourth-order valence-electron chi connectivity index (χ4n) is 1.21. The molecule has 4 nitrogen and oxygen atoms in total. The number of halogens is 3.